The molecule has 0 radical (unpaired) electrons. The summed E-state index contributed by atoms with van der Waals surface area (Å²) in [4.78, 5) is 35.2. The minimum Gasteiger partial charge on any atom is -0.507 e. The van der Waals surface area contributed by atoms with E-state index in [2.05, 4.69) is 9.97 Å². The molecule has 7 nitrogen and oxygen atoms in total. The molecule has 1 saturated heterocycles. The van der Waals surface area contributed by atoms with Crippen LogP contribution in [-0.2, 0) is 16.0 Å². The highest BCUT2D eigenvalue weighted by atomic mass is 19.1. The molecule has 3 aromatic carbocycles. The van der Waals surface area contributed by atoms with E-state index < -0.39 is 23.5 Å². The number of aromatic amines is 1. The quantitative estimate of drug-likeness (QED) is 0.259. The first-order valence-electron chi connectivity index (χ1n) is 11.2. The van der Waals surface area contributed by atoms with Crippen LogP contribution in [0.5, 0.6) is 5.75 Å². The fourth-order valence-corrected chi connectivity index (χ4v) is 4.82. The van der Waals surface area contributed by atoms with Gasteiger partial charge in [0.15, 0.2) is 0 Å². The average molecular weight is 469 g/mol. The monoisotopic (exact) mass is 469 g/mol. The number of para-hydroxylation sites is 2. The number of hydrogen-bond donors (Lipinski definition) is 2. The van der Waals surface area contributed by atoms with Gasteiger partial charge in [-0.25, -0.2) is 9.37 Å². The summed E-state index contributed by atoms with van der Waals surface area (Å²) >= 11 is 0. The zero-order valence-electron chi connectivity index (χ0n) is 18.7. The molecule has 2 N–H and O–H groups in total. The van der Waals surface area contributed by atoms with Gasteiger partial charge in [0.05, 0.1) is 16.6 Å². The van der Waals surface area contributed by atoms with E-state index in [4.69, 9.17) is 4.74 Å². The highest BCUT2D eigenvalue weighted by molar-refractivity contribution is 6.51. The SMILES string of the molecule is CC1Cc2cc(/C(O)=C3\C(=O)C(=O)N(c4nc5ccccc5[nH]4)C3c3ccccc3F)ccc2O1. The zero-order valence-corrected chi connectivity index (χ0v) is 18.7. The fraction of sp³-hybridized carbons (Fsp3) is 0.148. The van der Waals surface area contributed by atoms with Gasteiger partial charge in [-0.3, -0.25) is 14.5 Å². The predicted molar refractivity (Wildman–Crippen MR) is 128 cm³/mol. The number of carbonyl (C=O) groups excluding carboxylic acids is 2. The molecule has 0 saturated carbocycles. The van der Waals surface area contributed by atoms with Crippen molar-refractivity contribution in [1.29, 1.82) is 0 Å². The molecule has 2 aliphatic rings. The number of imidazole rings is 1. The van der Waals surface area contributed by atoms with E-state index in [-0.39, 0.29) is 28.9 Å². The summed E-state index contributed by atoms with van der Waals surface area (Å²) in [7, 11) is 0. The number of nitrogens with one attached hydrogen (secondary N) is 1. The topological polar surface area (TPSA) is 95.5 Å². The number of benzene rings is 3. The first-order valence-corrected chi connectivity index (χ1v) is 11.2. The Kier molecular flexibility index (Phi) is 4.70. The smallest absolute Gasteiger partial charge is 0.302 e. The molecule has 2 unspecified atom stereocenters. The molecule has 1 fully saturated rings. The van der Waals surface area contributed by atoms with Crippen molar-refractivity contribution in [2.75, 3.05) is 4.90 Å². The average Bonchev–Trinajstić information content (AvgIpc) is 3.51. The standard InChI is InChI=1S/C27H20FN3O4/c1-14-12-16-13-15(10-11-21(16)35-14)24(32)22-23(17-6-2-3-7-18(17)28)31(26(34)25(22)33)27-29-19-8-4-5-9-20(19)30-27/h2-11,13-14,23,32H,12H2,1H3,(H,29,30)/b24-22+. The predicted octanol–water partition coefficient (Wildman–Crippen LogP) is 4.65. The van der Waals surface area contributed by atoms with Crippen molar-refractivity contribution in [3.8, 4) is 5.75 Å². The number of Topliss-reactive ketones (excluding diaryl/α,β-unsaturated/α-hetero) is 1. The van der Waals surface area contributed by atoms with Gasteiger partial charge >= 0.3 is 5.91 Å². The van der Waals surface area contributed by atoms with Crippen LogP contribution in [0.1, 0.15) is 29.7 Å². The minimum absolute atomic E-state index is 0.000485. The summed E-state index contributed by atoms with van der Waals surface area (Å²) < 4.78 is 20.8. The lowest BCUT2D eigenvalue weighted by Gasteiger charge is -2.23. The molecule has 2 atom stereocenters. The molecule has 0 bridgehead atoms. The number of carbonyl (C=O) groups is 2. The van der Waals surface area contributed by atoms with Gasteiger partial charge in [-0.05, 0) is 48.9 Å². The van der Waals surface area contributed by atoms with Crippen LogP contribution in [0.2, 0.25) is 0 Å². The van der Waals surface area contributed by atoms with E-state index in [9.17, 15) is 14.7 Å². The zero-order chi connectivity index (χ0) is 24.3. The number of halogens is 1. The normalized spacial score (nSPS) is 20.9. The minimum atomic E-state index is -1.21. The Morgan fingerprint density at radius 2 is 1.89 bits per heavy atom. The molecule has 0 aliphatic carbocycles. The van der Waals surface area contributed by atoms with Crippen LogP contribution in [0.4, 0.5) is 10.3 Å². The number of nitrogens with zero attached hydrogens (tertiary/aromatic N) is 2. The Labute approximate surface area is 199 Å². The molecule has 0 spiro atoms. The van der Waals surface area contributed by atoms with Gasteiger partial charge in [0.1, 0.15) is 29.5 Å². The van der Waals surface area contributed by atoms with Gasteiger partial charge < -0.3 is 14.8 Å². The summed E-state index contributed by atoms with van der Waals surface area (Å²) in [6.45, 7) is 1.94. The molecule has 6 rings (SSSR count). The summed E-state index contributed by atoms with van der Waals surface area (Å²) in [5, 5.41) is 11.3. The van der Waals surface area contributed by atoms with Crippen LogP contribution >= 0.6 is 0 Å². The maximum Gasteiger partial charge on any atom is 0.302 e. The molecule has 3 heterocycles. The number of amides is 1. The molecular weight excluding hydrogens is 449 g/mol. The summed E-state index contributed by atoms with van der Waals surface area (Å²) in [6, 6.07) is 16.9. The Morgan fingerprint density at radius 1 is 1.11 bits per heavy atom. The number of aromatic nitrogens is 2. The second-order valence-corrected chi connectivity index (χ2v) is 8.72. The van der Waals surface area contributed by atoms with Crippen LogP contribution < -0.4 is 9.64 Å². The highest BCUT2D eigenvalue weighted by Gasteiger charge is 2.49. The van der Waals surface area contributed by atoms with Gasteiger partial charge in [0, 0.05) is 17.5 Å². The van der Waals surface area contributed by atoms with E-state index in [0.717, 1.165) is 10.5 Å². The second kappa shape index (κ2) is 7.80. The summed E-state index contributed by atoms with van der Waals surface area (Å²) in [5.74, 6) is -2.00. The lowest BCUT2D eigenvalue weighted by molar-refractivity contribution is -0.132. The molecular formula is C27H20FN3O4. The van der Waals surface area contributed by atoms with Gasteiger partial charge in [-0.15, -0.1) is 0 Å². The van der Waals surface area contributed by atoms with Crippen LogP contribution in [0, 0.1) is 5.82 Å². The first kappa shape index (κ1) is 21.1. The van der Waals surface area contributed by atoms with Crippen molar-refractivity contribution in [2.45, 2.75) is 25.5 Å². The number of aliphatic hydroxyl groups excluding tert-OH is 1. The van der Waals surface area contributed by atoms with Crippen LogP contribution in [0.3, 0.4) is 0 Å². The third-order valence-corrected chi connectivity index (χ3v) is 6.42. The molecule has 2 aliphatic heterocycles. The van der Waals surface area contributed by atoms with Crippen molar-refractivity contribution in [3.63, 3.8) is 0 Å². The van der Waals surface area contributed by atoms with Crippen molar-refractivity contribution in [3.05, 3.63) is 94.8 Å². The van der Waals surface area contributed by atoms with Gasteiger partial charge in [-0.1, -0.05) is 30.3 Å². The molecule has 4 aromatic rings. The molecule has 1 aromatic heterocycles. The number of H-pyrrole nitrogens is 1. The van der Waals surface area contributed by atoms with Crippen LogP contribution in [-0.4, -0.2) is 32.9 Å². The summed E-state index contributed by atoms with van der Waals surface area (Å²) in [6.07, 6.45) is 0.653. The molecule has 174 valence electrons. The maximum atomic E-state index is 15.1. The highest BCUT2D eigenvalue weighted by Crippen LogP contribution is 2.43. The van der Waals surface area contributed by atoms with Crippen molar-refractivity contribution in [2.24, 2.45) is 0 Å². The van der Waals surface area contributed by atoms with E-state index in [0.29, 0.717) is 28.8 Å². The number of hydrogen-bond acceptors (Lipinski definition) is 5. The summed E-state index contributed by atoms with van der Waals surface area (Å²) in [5.41, 5.74) is 2.36. The van der Waals surface area contributed by atoms with Crippen molar-refractivity contribution < 1.29 is 23.8 Å². The third-order valence-electron chi connectivity index (χ3n) is 6.42. The first-order chi connectivity index (χ1) is 16.9. The van der Waals surface area contributed by atoms with Crippen molar-refractivity contribution >= 4 is 34.4 Å². The molecule has 35 heavy (non-hydrogen) atoms. The second-order valence-electron chi connectivity index (χ2n) is 8.72. The lowest BCUT2D eigenvalue weighted by Crippen LogP contribution is -2.30. The molecule has 1 amide bonds. The van der Waals surface area contributed by atoms with E-state index in [1.807, 2.05) is 13.0 Å². The number of ketones is 1. The number of aliphatic hydroxyl groups is 1. The fourth-order valence-electron chi connectivity index (χ4n) is 4.82. The lowest BCUT2D eigenvalue weighted by atomic mass is 9.94. The van der Waals surface area contributed by atoms with E-state index in [1.54, 1.807) is 42.5 Å². The van der Waals surface area contributed by atoms with Crippen LogP contribution in [0.25, 0.3) is 16.8 Å². The maximum absolute atomic E-state index is 15.1. The van der Waals surface area contributed by atoms with E-state index in [1.165, 1.54) is 18.2 Å². The Balaban J connectivity index is 1.55. The van der Waals surface area contributed by atoms with Gasteiger partial charge in [0.2, 0.25) is 5.95 Å². The van der Waals surface area contributed by atoms with Crippen molar-refractivity contribution in [1.82, 2.24) is 9.97 Å². The Hall–Kier alpha value is -4.46. The van der Waals surface area contributed by atoms with Crippen LogP contribution in [0.15, 0.2) is 72.3 Å². The number of anilines is 1. The van der Waals surface area contributed by atoms with E-state index >= 15 is 4.39 Å². The third kappa shape index (κ3) is 3.29. The Morgan fingerprint density at radius 3 is 2.69 bits per heavy atom. The van der Waals surface area contributed by atoms with Gasteiger partial charge in [-0.2, -0.15) is 0 Å². The number of ether oxygens (including phenoxy) is 1. The largest absolute Gasteiger partial charge is 0.507 e. The van der Waals surface area contributed by atoms with Gasteiger partial charge in [0.25, 0.3) is 5.78 Å². The number of fused-ring (bicyclic) bond motifs is 2. The number of rotatable bonds is 3. The molecule has 8 heteroatoms. The Bertz CT molecular complexity index is 1520.